The first kappa shape index (κ1) is 26.5. The lowest BCUT2D eigenvalue weighted by atomic mass is 10.1. The average Bonchev–Trinajstić information content (AvgIpc) is 2.94. The molecule has 3 N–H and O–H groups in total. The monoisotopic (exact) mass is 421 g/mol. The smallest absolute Gasteiger partial charge is 0.407 e. The minimum Gasteiger partial charge on any atom is -0.444 e. The summed E-state index contributed by atoms with van der Waals surface area (Å²) in [6.45, 7) is 12.4. The molecule has 3 amide bonds. The molecule has 1 rings (SSSR count). The number of ether oxygens (including phenoxy) is 1. The van der Waals surface area contributed by atoms with E-state index in [4.69, 9.17) is 16.3 Å². The fourth-order valence-corrected chi connectivity index (χ4v) is 2.45. The topological polar surface area (TPSA) is 108 Å². The lowest BCUT2D eigenvalue weighted by Gasteiger charge is -2.27. The molecule has 0 aliphatic carbocycles. The Balaban J connectivity index is 0.00000165. The quantitative estimate of drug-likeness (QED) is 0.542. The van der Waals surface area contributed by atoms with Crippen LogP contribution in [-0.2, 0) is 14.3 Å². The number of alkyl halides is 1. The van der Waals surface area contributed by atoms with E-state index in [1.807, 2.05) is 0 Å². The Labute approximate surface area is 173 Å². The third kappa shape index (κ3) is 12.8. The molecule has 28 heavy (non-hydrogen) atoms. The third-order valence-electron chi connectivity index (χ3n) is 3.38. The number of rotatable bonds is 7. The Morgan fingerprint density at radius 3 is 2.36 bits per heavy atom. The number of aliphatic hydroxyl groups excluding tert-OH is 1. The number of hydrogen-bond donors (Lipinski definition) is 3. The van der Waals surface area contributed by atoms with E-state index in [0.29, 0.717) is 13.0 Å². The molecule has 1 heterocycles. The van der Waals surface area contributed by atoms with Gasteiger partial charge in [0.2, 0.25) is 11.8 Å². The summed E-state index contributed by atoms with van der Waals surface area (Å²) in [5.74, 6) is -0.180. The van der Waals surface area contributed by atoms with Crippen LogP contribution in [0.2, 0.25) is 0 Å². The molecule has 0 radical (unpaired) electrons. The van der Waals surface area contributed by atoms with Crippen molar-refractivity contribution in [1.29, 1.82) is 0 Å². The zero-order valence-corrected chi connectivity index (χ0v) is 18.6. The summed E-state index contributed by atoms with van der Waals surface area (Å²) in [5, 5.41) is 15.2. The largest absolute Gasteiger partial charge is 0.444 e. The molecule has 1 unspecified atom stereocenters. The van der Waals surface area contributed by atoms with Gasteiger partial charge in [-0.2, -0.15) is 0 Å². The van der Waals surface area contributed by atoms with Crippen molar-refractivity contribution in [2.24, 2.45) is 11.8 Å². The van der Waals surface area contributed by atoms with Gasteiger partial charge in [0.05, 0.1) is 12.0 Å². The Hall–Kier alpha value is -1.54. The highest BCUT2D eigenvalue weighted by atomic mass is 35.5. The van der Waals surface area contributed by atoms with Gasteiger partial charge in [-0.1, -0.05) is 20.8 Å². The predicted octanol–water partition coefficient (Wildman–Crippen LogP) is 1.74. The average molecular weight is 422 g/mol. The number of carbonyl (C=O) groups excluding carboxylic acids is 3. The molecule has 9 heteroatoms. The van der Waals surface area contributed by atoms with Crippen LogP contribution in [0.3, 0.4) is 0 Å². The Morgan fingerprint density at radius 1 is 1.36 bits per heavy atom. The van der Waals surface area contributed by atoms with Gasteiger partial charge in [-0.15, -0.1) is 11.6 Å². The van der Waals surface area contributed by atoms with E-state index in [0.717, 1.165) is 5.92 Å². The van der Waals surface area contributed by atoms with Crippen molar-refractivity contribution in [3.05, 3.63) is 0 Å². The third-order valence-corrected chi connectivity index (χ3v) is 3.61. The zero-order chi connectivity index (χ0) is 21.9. The van der Waals surface area contributed by atoms with E-state index in [9.17, 15) is 19.5 Å². The molecule has 2 atom stereocenters. The van der Waals surface area contributed by atoms with E-state index in [1.54, 1.807) is 20.8 Å². The molecule has 1 aliphatic heterocycles. The van der Waals surface area contributed by atoms with Crippen LogP contribution in [0.1, 0.15) is 48.0 Å². The van der Waals surface area contributed by atoms with Crippen molar-refractivity contribution in [3.63, 3.8) is 0 Å². The molecular formula is C19H36ClN3O5. The van der Waals surface area contributed by atoms with Crippen LogP contribution in [0.25, 0.3) is 0 Å². The van der Waals surface area contributed by atoms with Gasteiger partial charge >= 0.3 is 6.09 Å². The van der Waals surface area contributed by atoms with Gasteiger partial charge in [0.1, 0.15) is 11.5 Å². The highest BCUT2D eigenvalue weighted by molar-refractivity contribution is 6.27. The van der Waals surface area contributed by atoms with Crippen LogP contribution in [0, 0.1) is 11.8 Å². The highest BCUT2D eigenvalue weighted by Crippen LogP contribution is 2.12. The van der Waals surface area contributed by atoms with E-state index in [-0.39, 0.29) is 43.2 Å². The van der Waals surface area contributed by atoms with Gasteiger partial charge in [0.15, 0.2) is 0 Å². The van der Waals surface area contributed by atoms with Crippen LogP contribution >= 0.6 is 11.6 Å². The van der Waals surface area contributed by atoms with Gasteiger partial charge in [-0.05, 0) is 33.1 Å². The lowest BCUT2D eigenvalue weighted by molar-refractivity contribution is -0.132. The van der Waals surface area contributed by atoms with Crippen LogP contribution < -0.4 is 10.6 Å². The number of aliphatic hydroxyl groups is 1. The second kappa shape index (κ2) is 12.8. The fraction of sp³-hybridized carbons (Fsp3) is 0.842. The number of halogens is 1. The molecule has 0 spiro atoms. The summed E-state index contributed by atoms with van der Waals surface area (Å²) in [5.41, 5.74) is -0.633. The number of nitrogens with one attached hydrogen (secondary N) is 2. The maximum Gasteiger partial charge on any atom is 0.407 e. The Kier molecular flexibility index (Phi) is 12.1. The van der Waals surface area contributed by atoms with Gasteiger partial charge in [0.25, 0.3) is 0 Å². The molecule has 1 saturated heterocycles. The molecule has 164 valence electrons. The van der Waals surface area contributed by atoms with Gasteiger partial charge in [0, 0.05) is 26.2 Å². The molecule has 1 fully saturated rings. The van der Waals surface area contributed by atoms with E-state index in [1.165, 1.54) is 4.90 Å². The van der Waals surface area contributed by atoms with E-state index in [2.05, 4.69) is 31.4 Å². The normalized spacial score (nSPS) is 17.3. The zero-order valence-electron chi connectivity index (χ0n) is 17.9. The molecular weight excluding hydrogens is 386 g/mol. The Bertz CT molecular complexity index is 506. The van der Waals surface area contributed by atoms with E-state index < -0.39 is 17.8 Å². The Morgan fingerprint density at radius 2 is 1.93 bits per heavy atom. The molecule has 0 aromatic rings. The standard InChI is InChI=1S/C15H26ClN3O5.C4H10/c1-15(2,3)24-14(23)18-7-11(20)9-19(12(21)6-16)8-10-4-5-17-13(10)22;1-4(2)3/h10-11,20H,4-9H2,1-3H3,(H,17,22)(H,18,23);4H,1-3H3/t10-,11?;/m0./s1. The van der Waals surface area contributed by atoms with Gasteiger partial charge in [-0.3, -0.25) is 9.59 Å². The molecule has 0 saturated carbocycles. The molecule has 0 aromatic heterocycles. The van der Waals surface area contributed by atoms with Gasteiger partial charge in [-0.25, -0.2) is 4.79 Å². The molecule has 8 nitrogen and oxygen atoms in total. The number of nitrogens with zero attached hydrogens (tertiary/aromatic N) is 1. The van der Waals surface area contributed by atoms with Crippen molar-refractivity contribution in [2.75, 3.05) is 32.1 Å². The summed E-state index contributed by atoms with van der Waals surface area (Å²) >= 11 is 5.59. The van der Waals surface area contributed by atoms with Crippen molar-refractivity contribution in [2.45, 2.75) is 59.7 Å². The predicted molar refractivity (Wildman–Crippen MR) is 109 cm³/mol. The van der Waals surface area contributed by atoms with Crippen LogP contribution in [0.5, 0.6) is 0 Å². The number of hydrogen-bond acceptors (Lipinski definition) is 5. The van der Waals surface area contributed by atoms with Crippen molar-refractivity contribution < 1.29 is 24.2 Å². The van der Waals surface area contributed by atoms with E-state index >= 15 is 0 Å². The van der Waals surface area contributed by atoms with Crippen molar-refractivity contribution in [3.8, 4) is 0 Å². The second-order valence-electron chi connectivity index (χ2n) is 8.48. The first-order chi connectivity index (χ1) is 12.9. The highest BCUT2D eigenvalue weighted by Gasteiger charge is 2.29. The molecule has 0 bridgehead atoms. The first-order valence-corrected chi connectivity index (χ1v) is 10.2. The fourth-order valence-electron chi connectivity index (χ4n) is 2.28. The maximum absolute atomic E-state index is 11.9. The van der Waals surface area contributed by atoms with Crippen molar-refractivity contribution >= 4 is 29.5 Å². The SMILES string of the molecule is CC(C)(C)OC(=O)NCC(O)CN(C[C@@H]1CCNC1=O)C(=O)CCl.CC(C)C. The van der Waals surface area contributed by atoms with Crippen LogP contribution in [0.4, 0.5) is 4.79 Å². The molecule has 1 aliphatic rings. The maximum atomic E-state index is 11.9. The first-order valence-electron chi connectivity index (χ1n) is 9.62. The van der Waals surface area contributed by atoms with Crippen LogP contribution in [0.15, 0.2) is 0 Å². The van der Waals surface area contributed by atoms with Crippen molar-refractivity contribution in [1.82, 2.24) is 15.5 Å². The second-order valence-corrected chi connectivity index (χ2v) is 8.74. The van der Waals surface area contributed by atoms with Crippen LogP contribution in [-0.4, -0.2) is 71.7 Å². The summed E-state index contributed by atoms with van der Waals surface area (Å²) in [7, 11) is 0. The number of amides is 3. The number of carbonyl (C=O) groups is 3. The van der Waals surface area contributed by atoms with Gasteiger partial charge < -0.3 is 25.4 Å². The summed E-state index contributed by atoms with van der Waals surface area (Å²) in [6.07, 6.45) is -1.00. The minimum absolute atomic E-state index is 0.0227. The molecule has 0 aromatic carbocycles. The summed E-state index contributed by atoms with van der Waals surface area (Å²) in [4.78, 5) is 36.5. The number of alkyl carbamates (subject to hydrolysis) is 1. The summed E-state index contributed by atoms with van der Waals surface area (Å²) in [6, 6.07) is 0. The lowest BCUT2D eigenvalue weighted by Crippen LogP contribution is -2.46. The minimum atomic E-state index is -0.992. The summed E-state index contributed by atoms with van der Waals surface area (Å²) < 4.78 is 5.07.